The van der Waals surface area contributed by atoms with Gasteiger partial charge in [0.2, 0.25) is 5.91 Å². The highest BCUT2D eigenvalue weighted by atomic mass is 79.9. The lowest BCUT2D eigenvalue weighted by atomic mass is 10.2. The molecule has 130 valence electrons. The molecule has 1 amide bonds. The second kappa shape index (κ2) is 8.44. The van der Waals surface area contributed by atoms with Gasteiger partial charge in [0.1, 0.15) is 0 Å². The minimum absolute atomic E-state index is 0.0265. The average Bonchev–Trinajstić information content (AvgIpc) is 2.82. The van der Waals surface area contributed by atoms with E-state index in [0.717, 1.165) is 34.6 Å². The van der Waals surface area contributed by atoms with Crippen LogP contribution in [0.1, 0.15) is 30.8 Å². The highest BCUT2D eigenvalue weighted by Crippen LogP contribution is 2.19. The maximum absolute atomic E-state index is 11.5. The second-order valence-corrected chi connectivity index (χ2v) is 7.08. The molecule has 0 aliphatic rings. The molecule has 1 aromatic heterocycles. The van der Waals surface area contributed by atoms with Gasteiger partial charge in [-0.2, -0.15) is 5.10 Å². The van der Waals surface area contributed by atoms with Gasteiger partial charge in [0, 0.05) is 41.3 Å². The molecule has 0 fully saturated rings. The molecule has 0 aliphatic carbocycles. The molecule has 0 atom stereocenters. The number of hydrogen-bond donors (Lipinski definition) is 2. The summed E-state index contributed by atoms with van der Waals surface area (Å²) in [5, 5.41) is 10.9. The third kappa shape index (κ3) is 4.68. The molecule has 0 bridgehead atoms. The smallest absolute Gasteiger partial charge is 0.222 e. The topological polar surface area (TPSA) is 59.0 Å². The van der Waals surface area contributed by atoms with Gasteiger partial charge in [-0.25, -0.2) is 4.68 Å². The van der Waals surface area contributed by atoms with E-state index in [1.54, 1.807) is 0 Å². The van der Waals surface area contributed by atoms with E-state index in [9.17, 15) is 4.79 Å². The Labute approximate surface area is 152 Å². The van der Waals surface area contributed by atoms with Gasteiger partial charge in [0.25, 0.3) is 0 Å². The van der Waals surface area contributed by atoms with Crippen molar-refractivity contribution in [2.75, 3.05) is 13.1 Å². The summed E-state index contributed by atoms with van der Waals surface area (Å²) < 4.78 is 3.03. The Balaban J connectivity index is 1.94. The number of nitrogens with zero attached hydrogens (tertiary/aromatic N) is 2. The van der Waals surface area contributed by atoms with Crippen LogP contribution in [0.25, 0.3) is 5.69 Å². The molecule has 2 aromatic rings. The molecular weight excluding hydrogens is 368 g/mol. The number of halogens is 1. The number of rotatable bonds is 7. The maximum atomic E-state index is 11.5. The van der Waals surface area contributed by atoms with Gasteiger partial charge in [0.05, 0.1) is 11.4 Å². The standard InChI is InChI=1S/C18H25BrN4O/c1-12(2)18(24)21-10-9-20-11-17-13(3)22-23(14(17)4)16-7-5-15(19)6-8-16/h5-8,12,20H,9-11H2,1-4H3,(H,21,24). The Kier molecular flexibility index (Phi) is 6.57. The van der Waals surface area contributed by atoms with Crippen molar-refractivity contribution in [2.24, 2.45) is 5.92 Å². The lowest BCUT2D eigenvalue weighted by Gasteiger charge is -2.09. The molecule has 0 unspecified atom stereocenters. The number of nitrogens with one attached hydrogen (secondary N) is 2. The fraction of sp³-hybridized carbons (Fsp3) is 0.444. The van der Waals surface area contributed by atoms with E-state index in [2.05, 4.69) is 38.6 Å². The molecule has 0 saturated carbocycles. The van der Waals surface area contributed by atoms with Crippen molar-refractivity contribution in [3.05, 3.63) is 45.7 Å². The largest absolute Gasteiger partial charge is 0.355 e. The Bertz CT molecular complexity index is 692. The summed E-state index contributed by atoms with van der Waals surface area (Å²) in [6.45, 7) is 10.0. The fourth-order valence-corrected chi connectivity index (χ4v) is 2.72. The van der Waals surface area contributed by atoms with Gasteiger partial charge in [-0.3, -0.25) is 4.79 Å². The normalized spacial score (nSPS) is 11.1. The lowest BCUT2D eigenvalue weighted by molar-refractivity contribution is -0.123. The predicted molar refractivity (Wildman–Crippen MR) is 100 cm³/mol. The third-order valence-electron chi connectivity index (χ3n) is 3.94. The molecule has 6 heteroatoms. The Morgan fingerprint density at radius 1 is 1.21 bits per heavy atom. The van der Waals surface area contributed by atoms with Gasteiger partial charge >= 0.3 is 0 Å². The molecular formula is C18H25BrN4O. The fourth-order valence-electron chi connectivity index (χ4n) is 2.46. The molecule has 2 N–H and O–H groups in total. The number of aryl methyl sites for hydroxylation is 1. The first-order chi connectivity index (χ1) is 11.4. The van der Waals surface area contributed by atoms with Crippen LogP contribution in [-0.2, 0) is 11.3 Å². The van der Waals surface area contributed by atoms with Crippen molar-refractivity contribution in [1.82, 2.24) is 20.4 Å². The first-order valence-corrected chi connectivity index (χ1v) is 8.99. The van der Waals surface area contributed by atoms with E-state index in [0.29, 0.717) is 6.54 Å². The van der Waals surface area contributed by atoms with Crippen molar-refractivity contribution in [3.8, 4) is 5.69 Å². The highest BCUT2D eigenvalue weighted by molar-refractivity contribution is 9.10. The zero-order chi connectivity index (χ0) is 17.7. The molecule has 0 saturated heterocycles. The minimum atomic E-state index is 0.0265. The van der Waals surface area contributed by atoms with Crippen LogP contribution in [0.5, 0.6) is 0 Å². The predicted octanol–water partition coefficient (Wildman–Crippen LogP) is 3.11. The van der Waals surface area contributed by atoms with E-state index in [-0.39, 0.29) is 11.8 Å². The van der Waals surface area contributed by atoms with Crippen LogP contribution in [0.3, 0.4) is 0 Å². The molecule has 1 heterocycles. The first kappa shape index (κ1) is 18.7. The molecule has 0 spiro atoms. The highest BCUT2D eigenvalue weighted by Gasteiger charge is 2.12. The Morgan fingerprint density at radius 3 is 2.50 bits per heavy atom. The van der Waals surface area contributed by atoms with Crippen LogP contribution in [0.2, 0.25) is 0 Å². The minimum Gasteiger partial charge on any atom is -0.355 e. The van der Waals surface area contributed by atoms with E-state index in [1.165, 1.54) is 5.56 Å². The average molecular weight is 393 g/mol. The maximum Gasteiger partial charge on any atom is 0.222 e. The molecule has 0 aliphatic heterocycles. The summed E-state index contributed by atoms with van der Waals surface area (Å²) in [5.74, 6) is 0.117. The summed E-state index contributed by atoms with van der Waals surface area (Å²) >= 11 is 3.45. The number of amides is 1. The summed E-state index contributed by atoms with van der Waals surface area (Å²) in [6, 6.07) is 8.12. The van der Waals surface area contributed by atoms with Gasteiger partial charge in [-0.1, -0.05) is 29.8 Å². The monoisotopic (exact) mass is 392 g/mol. The van der Waals surface area contributed by atoms with Crippen LogP contribution in [-0.4, -0.2) is 28.8 Å². The zero-order valence-corrected chi connectivity index (χ0v) is 16.3. The SMILES string of the molecule is Cc1nn(-c2ccc(Br)cc2)c(C)c1CNCCNC(=O)C(C)C. The third-order valence-corrected chi connectivity index (χ3v) is 4.47. The number of carbonyl (C=O) groups excluding carboxylic acids is 1. The molecule has 24 heavy (non-hydrogen) atoms. The molecule has 5 nitrogen and oxygen atoms in total. The Hall–Kier alpha value is -1.66. The van der Waals surface area contributed by atoms with Gasteiger partial charge in [0.15, 0.2) is 0 Å². The quantitative estimate of drug-likeness (QED) is 0.711. The van der Waals surface area contributed by atoms with E-state index in [1.807, 2.05) is 49.7 Å². The summed E-state index contributed by atoms with van der Waals surface area (Å²) in [7, 11) is 0. The number of carbonyl (C=O) groups is 1. The van der Waals surface area contributed by atoms with Crippen molar-refractivity contribution >= 4 is 21.8 Å². The number of aromatic nitrogens is 2. The Morgan fingerprint density at radius 2 is 1.88 bits per heavy atom. The van der Waals surface area contributed by atoms with Crippen molar-refractivity contribution in [2.45, 2.75) is 34.2 Å². The van der Waals surface area contributed by atoms with Gasteiger partial charge in [-0.05, 0) is 38.1 Å². The van der Waals surface area contributed by atoms with Crippen LogP contribution < -0.4 is 10.6 Å². The van der Waals surface area contributed by atoms with Crippen LogP contribution in [0.4, 0.5) is 0 Å². The molecule has 0 radical (unpaired) electrons. The molecule has 2 rings (SSSR count). The molecule has 1 aromatic carbocycles. The summed E-state index contributed by atoms with van der Waals surface area (Å²) in [5.41, 5.74) is 4.41. The van der Waals surface area contributed by atoms with Gasteiger partial charge in [-0.15, -0.1) is 0 Å². The van der Waals surface area contributed by atoms with Crippen molar-refractivity contribution in [1.29, 1.82) is 0 Å². The van der Waals surface area contributed by atoms with Crippen LogP contribution >= 0.6 is 15.9 Å². The van der Waals surface area contributed by atoms with Crippen LogP contribution in [0.15, 0.2) is 28.7 Å². The second-order valence-electron chi connectivity index (χ2n) is 6.16. The number of benzene rings is 1. The summed E-state index contributed by atoms with van der Waals surface area (Å²) in [6.07, 6.45) is 0. The van der Waals surface area contributed by atoms with Crippen molar-refractivity contribution < 1.29 is 4.79 Å². The first-order valence-electron chi connectivity index (χ1n) is 8.19. The zero-order valence-electron chi connectivity index (χ0n) is 14.7. The van der Waals surface area contributed by atoms with Crippen LogP contribution in [0, 0.1) is 19.8 Å². The van der Waals surface area contributed by atoms with Crippen molar-refractivity contribution in [3.63, 3.8) is 0 Å². The lowest BCUT2D eigenvalue weighted by Crippen LogP contribution is -2.34. The van der Waals surface area contributed by atoms with Gasteiger partial charge < -0.3 is 10.6 Å². The number of hydrogen-bond acceptors (Lipinski definition) is 3. The van der Waals surface area contributed by atoms with E-state index in [4.69, 9.17) is 0 Å². The van der Waals surface area contributed by atoms with E-state index >= 15 is 0 Å². The van der Waals surface area contributed by atoms with E-state index < -0.39 is 0 Å². The summed E-state index contributed by atoms with van der Waals surface area (Å²) in [4.78, 5) is 11.5.